The molecule has 2 aliphatic rings. The van der Waals surface area contributed by atoms with E-state index in [1.54, 1.807) is 0 Å². The smallest absolute Gasteiger partial charge is 0.192 e. The first kappa shape index (κ1) is 19.1. The van der Waals surface area contributed by atoms with Gasteiger partial charge in [-0.1, -0.05) is 68.9 Å². The lowest BCUT2D eigenvalue weighted by atomic mass is 9.95. The number of aliphatic imine (C=N–C) groups is 1. The molecule has 4 heteroatoms. The van der Waals surface area contributed by atoms with Crippen molar-refractivity contribution in [1.29, 1.82) is 0 Å². The zero-order chi connectivity index (χ0) is 15.7. The van der Waals surface area contributed by atoms with Gasteiger partial charge >= 0.3 is 0 Å². The zero-order valence-electron chi connectivity index (χ0n) is 14.7. The van der Waals surface area contributed by atoms with Crippen LogP contribution in [0.25, 0.3) is 0 Å². The Kier molecular flexibility index (Phi) is 8.44. The van der Waals surface area contributed by atoms with Crippen molar-refractivity contribution < 1.29 is 0 Å². The van der Waals surface area contributed by atoms with Crippen LogP contribution < -0.4 is 10.6 Å². The summed E-state index contributed by atoms with van der Waals surface area (Å²) in [6.45, 7) is 0.760. The molecule has 1 aromatic carbocycles. The molecule has 0 aliphatic heterocycles. The molecule has 0 saturated heterocycles. The lowest BCUT2D eigenvalue weighted by Crippen LogP contribution is -2.48. The van der Waals surface area contributed by atoms with Crippen molar-refractivity contribution in [2.24, 2.45) is 4.99 Å². The number of hydrogen-bond acceptors (Lipinski definition) is 1. The molecule has 0 amide bonds. The summed E-state index contributed by atoms with van der Waals surface area (Å²) in [7, 11) is 0. The minimum Gasteiger partial charge on any atom is -0.354 e. The summed E-state index contributed by atoms with van der Waals surface area (Å²) >= 11 is 0. The summed E-state index contributed by atoms with van der Waals surface area (Å²) in [6, 6.07) is 11.8. The highest BCUT2D eigenvalue weighted by Crippen LogP contribution is 2.19. The summed E-state index contributed by atoms with van der Waals surface area (Å²) in [5.41, 5.74) is 1.28. The first-order valence-electron chi connectivity index (χ1n) is 9.51. The maximum Gasteiger partial charge on any atom is 0.192 e. The third kappa shape index (κ3) is 6.35. The molecule has 0 unspecified atom stereocenters. The van der Waals surface area contributed by atoms with E-state index in [1.807, 2.05) is 0 Å². The van der Waals surface area contributed by atoms with Gasteiger partial charge in [0.15, 0.2) is 5.96 Å². The third-order valence-corrected chi connectivity index (χ3v) is 5.15. The van der Waals surface area contributed by atoms with Crippen LogP contribution in [-0.4, -0.2) is 18.0 Å². The van der Waals surface area contributed by atoms with Crippen molar-refractivity contribution in [2.75, 3.05) is 0 Å². The monoisotopic (exact) mass is 349 g/mol. The summed E-state index contributed by atoms with van der Waals surface area (Å²) in [5, 5.41) is 7.42. The summed E-state index contributed by atoms with van der Waals surface area (Å²) in [5.74, 6) is 1.03. The van der Waals surface area contributed by atoms with E-state index in [9.17, 15) is 0 Å². The van der Waals surface area contributed by atoms with Gasteiger partial charge in [-0.2, -0.15) is 0 Å². The van der Waals surface area contributed by atoms with Gasteiger partial charge in [0.1, 0.15) is 0 Å². The second-order valence-corrected chi connectivity index (χ2v) is 7.11. The Morgan fingerprint density at radius 2 is 1.29 bits per heavy atom. The number of nitrogens with one attached hydrogen (secondary N) is 2. The number of rotatable bonds is 4. The largest absolute Gasteiger partial charge is 0.354 e. The first-order chi connectivity index (χ1) is 11.4. The predicted molar refractivity (Wildman–Crippen MR) is 105 cm³/mol. The standard InChI is InChI=1S/C20H31N3.ClH/c1-4-10-17(11-5-1)16-21-20(22-18-12-6-2-7-13-18)23-19-14-8-3-9-15-19;/h1,4-5,10-11,18-19H,2-3,6-9,12-16H2,(H2,21,22,23);1H. The van der Waals surface area contributed by atoms with Crippen molar-refractivity contribution in [3.05, 3.63) is 35.9 Å². The molecule has 0 spiro atoms. The quantitative estimate of drug-likeness (QED) is 0.604. The fourth-order valence-electron chi connectivity index (χ4n) is 3.77. The van der Waals surface area contributed by atoms with Crippen molar-refractivity contribution in [3.63, 3.8) is 0 Å². The molecule has 3 rings (SSSR count). The lowest BCUT2D eigenvalue weighted by molar-refractivity contribution is 0.388. The number of benzene rings is 1. The minimum absolute atomic E-state index is 0. The van der Waals surface area contributed by atoms with Gasteiger partial charge in [-0.15, -0.1) is 12.4 Å². The molecule has 0 radical (unpaired) electrons. The van der Waals surface area contributed by atoms with E-state index in [2.05, 4.69) is 41.0 Å². The number of hydrogen-bond donors (Lipinski definition) is 2. The molecular formula is C20H32ClN3. The van der Waals surface area contributed by atoms with Crippen LogP contribution in [0.2, 0.25) is 0 Å². The van der Waals surface area contributed by atoms with Gasteiger partial charge in [0.05, 0.1) is 6.54 Å². The van der Waals surface area contributed by atoms with Crippen LogP contribution in [-0.2, 0) is 6.54 Å². The Hall–Kier alpha value is -1.22. The molecule has 134 valence electrons. The molecule has 2 N–H and O–H groups in total. The van der Waals surface area contributed by atoms with Gasteiger partial charge in [-0.25, -0.2) is 4.99 Å². The summed E-state index contributed by atoms with van der Waals surface area (Å²) in [6.07, 6.45) is 13.4. The van der Waals surface area contributed by atoms with Gasteiger partial charge in [-0.3, -0.25) is 0 Å². The van der Waals surface area contributed by atoms with Crippen LogP contribution in [0.15, 0.2) is 35.3 Å². The average molecular weight is 350 g/mol. The van der Waals surface area contributed by atoms with Gasteiger partial charge in [0.2, 0.25) is 0 Å². The highest BCUT2D eigenvalue weighted by Gasteiger charge is 2.18. The second kappa shape index (κ2) is 10.6. The van der Waals surface area contributed by atoms with E-state index in [0.717, 1.165) is 12.5 Å². The van der Waals surface area contributed by atoms with Gasteiger partial charge in [0.25, 0.3) is 0 Å². The summed E-state index contributed by atoms with van der Waals surface area (Å²) < 4.78 is 0. The molecule has 2 aliphatic carbocycles. The van der Waals surface area contributed by atoms with Crippen LogP contribution in [0, 0.1) is 0 Å². The van der Waals surface area contributed by atoms with E-state index >= 15 is 0 Å². The van der Waals surface area contributed by atoms with Gasteiger partial charge in [-0.05, 0) is 31.2 Å². The van der Waals surface area contributed by atoms with Crippen LogP contribution in [0.1, 0.15) is 69.8 Å². The summed E-state index contributed by atoms with van der Waals surface area (Å²) in [4.78, 5) is 4.88. The van der Waals surface area contributed by atoms with E-state index < -0.39 is 0 Å². The van der Waals surface area contributed by atoms with Crippen molar-refractivity contribution in [2.45, 2.75) is 82.8 Å². The lowest BCUT2D eigenvalue weighted by Gasteiger charge is -2.29. The molecule has 0 aromatic heterocycles. The SMILES string of the molecule is Cl.c1ccc(CN=C(NC2CCCCC2)NC2CCCCC2)cc1. The molecule has 2 saturated carbocycles. The Morgan fingerprint density at radius 3 is 1.79 bits per heavy atom. The van der Waals surface area contributed by atoms with Crippen LogP contribution in [0.3, 0.4) is 0 Å². The van der Waals surface area contributed by atoms with Crippen molar-refractivity contribution in [1.82, 2.24) is 10.6 Å². The fourth-order valence-corrected chi connectivity index (χ4v) is 3.77. The molecule has 24 heavy (non-hydrogen) atoms. The molecule has 0 heterocycles. The highest BCUT2D eigenvalue weighted by atomic mass is 35.5. The second-order valence-electron chi connectivity index (χ2n) is 7.11. The van der Waals surface area contributed by atoms with Crippen molar-refractivity contribution >= 4 is 18.4 Å². The molecule has 0 bridgehead atoms. The maximum atomic E-state index is 4.88. The Balaban J connectivity index is 0.00000208. The Labute approximate surface area is 153 Å². The topological polar surface area (TPSA) is 36.4 Å². The van der Waals surface area contributed by atoms with Crippen LogP contribution in [0.4, 0.5) is 0 Å². The van der Waals surface area contributed by atoms with E-state index in [-0.39, 0.29) is 12.4 Å². The van der Waals surface area contributed by atoms with Crippen LogP contribution >= 0.6 is 12.4 Å². The van der Waals surface area contributed by atoms with Crippen LogP contribution in [0.5, 0.6) is 0 Å². The highest BCUT2D eigenvalue weighted by molar-refractivity contribution is 5.85. The van der Waals surface area contributed by atoms with E-state index in [0.29, 0.717) is 12.1 Å². The molecule has 3 nitrogen and oxygen atoms in total. The number of halogens is 1. The Bertz CT molecular complexity index is 455. The number of nitrogens with zero attached hydrogens (tertiary/aromatic N) is 1. The maximum absolute atomic E-state index is 4.88. The van der Waals surface area contributed by atoms with E-state index in [1.165, 1.54) is 69.8 Å². The number of guanidine groups is 1. The third-order valence-electron chi connectivity index (χ3n) is 5.15. The Morgan fingerprint density at radius 1 is 0.792 bits per heavy atom. The van der Waals surface area contributed by atoms with Gasteiger partial charge < -0.3 is 10.6 Å². The van der Waals surface area contributed by atoms with E-state index in [4.69, 9.17) is 4.99 Å². The van der Waals surface area contributed by atoms with Crippen molar-refractivity contribution in [3.8, 4) is 0 Å². The normalized spacial score (nSPS) is 19.2. The first-order valence-corrected chi connectivity index (χ1v) is 9.51. The molecule has 1 aromatic rings. The zero-order valence-corrected chi connectivity index (χ0v) is 15.5. The average Bonchev–Trinajstić information content (AvgIpc) is 2.62. The minimum atomic E-state index is 0. The predicted octanol–water partition coefficient (Wildman–Crippen LogP) is 4.81. The molecular weight excluding hydrogens is 318 g/mol. The molecule has 0 atom stereocenters. The van der Waals surface area contributed by atoms with Gasteiger partial charge in [0, 0.05) is 12.1 Å². The fraction of sp³-hybridized carbons (Fsp3) is 0.650. The molecule has 2 fully saturated rings.